The van der Waals surface area contributed by atoms with Gasteiger partial charge >= 0.3 is 0 Å². The zero-order chi connectivity index (χ0) is 39.8. The van der Waals surface area contributed by atoms with Crippen LogP contribution in [0.1, 0.15) is 34.2 Å². The molecule has 0 saturated heterocycles. The molecule has 0 atom stereocenters. The fourth-order valence-corrected chi connectivity index (χ4v) is 8.82. The van der Waals surface area contributed by atoms with Gasteiger partial charge in [-0.1, -0.05) is 152 Å². The maximum atomic E-state index is 5.55. The van der Waals surface area contributed by atoms with Gasteiger partial charge in [-0.15, -0.1) is 0 Å². The van der Waals surface area contributed by atoms with Crippen LogP contribution in [0.2, 0.25) is 0 Å². The summed E-state index contributed by atoms with van der Waals surface area (Å²) >= 11 is 0. The van der Waals surface area contributed by atoms with E-state index >= 15 is 0 Å². The lowest BCUT2D eigenvalue weighted by Crippen LogP contribution is -1.91. The molecule has 60 heavy (non-hydrogen) atoms. The standard InChI is InChI=1S/C55H39N5/c1-6-16-36(17-7-1)51-41-26-28-43(56-41)52(37-18-8-2-9-19-37)45-30-32-47(58-45)54(39-22-12-4-13-23-39)49-34-35-50(60-49)55(40-24-14-5-15-25-40)48-33-31-46(59-48)53(38-20-10-3-11-21-38)44-29-27-42(51)57-44/h1-33,58-59H,34-35H2. The number of benzene rings is 5. The number of hydrogen-bond acceptors (Lipinski definition) is 3. The van der Waals surface area contributed by atoms with Gasteiger partial charge in [0.05, 0.1) is 34.2 Å². The highest BCUT2D eigenvalue weighted by Gasteiger charge is 2.21. The van der Waals surface area contributed by atoms with Gasteiger partial charge in [0, 0.05) is 49.9 Å². The Labute approximate surface area is 348 Å². The quantitative estimate of drug-likeness (QED) is 0.183. The predicted molar refractivity (Wildman–Crippen MR) is 249 cm³/mol. The molecule has 0 amide bonds. The normalized spacial score (nSPS) is 12.4. The van der Waals surface area contributed by atoms with Crippen molar-refractivity contribution in [3.05, 3.63) is 210 Å². The summed E-state index contributed by atoms with van der Waals surface area (Å²) in [4.78, 5) is 24.2. The third-order valence-corrected chi connectivity index (χ3v) is 11.5. The molecule has 5 heteroatoms. The summed E-state index contributed by atoms with van der Waals surface area (Å²) in [5.41, 5.74) is 20.3. The largest absolute Gasteiger partial charge is 0.354 e. The van der Waals surface area contributed by atoms with E-state index in [-0.39, 0.29) is 0 Å². The summed E-state index contributed by atoms with van der Waals surface area (Å²) in [5, 5.41) is 0. The van der Waals surface area contributed by atoms with Crippen LogP contribution < -0.4 is 0 Å². The number of aryl methyl sites for hydroxylation is 2. The van der Waals surface area contributed by atoms with Crippen molar-refractivity contribution in [2.24, 2.45) is 0 Å². The fourth-order valence-electron chi connectivity index (χ4n) is 8.82. The topological polar surface area (TPSA) is 70.2 Å². The molecule has 3 aliphatic heterocycles. The second-order valence-electron chi connectivity index (χ2n) is 15.2. The molecule has 0 saturated carbocycles. The van der Waals surface area contributed by atoms with E-state index in [1.54, 1.807) is 0 Å². The van der Waals surface area contributed by atoms with E-state index in [4.69, 9.17) is 15.0 Å². The Balaban J connectivity index is 1.33. The van der Waals surface area contributed by atoms with E-state index < -0.39 is 0 Å². The summed E-state index contributed by atoms with van der Waals surface area (Å²) in [5.74, 6) is 0. The molecule has 3 aromatic heterocycles. The van der Waals surface area contributed by atoms with Gasteiger partial charge in [0.2, 0.25) is 0 Å². The Bertz CT molecular complexity index is 3020. The SMILES string of the molecule is C1=Cc2nc1c(-c1ccccc1)c1nc(c(-c3ccccc3)c3ccc([nH]3)c(-c3ccccc3)c3nc(c(-c4ccccc4)c4ccc([nH]4)c2-c2ccccc2)CC3)C=C1. The van der Waals surface area contributed by atoms with Crippen LogP contribution in [0.3, 0.4) is 0 Å². The predicted octanol–water partition coefficient (Wildman–Crippen LogP) is 13.6. The second-order valence-corrected chi connectivity index (χ2v) is 15.2. The van der Waals surface area contributed by atoms with Crippen molar-refractivity contribution in [2.75, 3.05) is 0 Å². The first-order valence-corrected chi connectivity index (χ1v) is 20.5. The summed E-state index contributed by atoms with van der Waals surface area (Å²) < 4.78 is 0. The summed E-state index contributed by atoms with van der Waals surface area (Å²) in [6, 6.07) is 61.7. The van der Waals surface area contributed by atoms with E-state index in [1.807, 2.05) is 0 Å². The highest BCUT2D eigenvalue weighted by atomic mass is 14.8. The van der Waals surface area contributed by atoms with Crippen molar-refractivity contribution in [1.29, 1.82) is 0 Å². The van der Waals surface area contributed by atoms with Crippen LogP contribution in [0, 0.1) is 0 Å². The van der Waals surface area contributed by atoms with Crippen LogP contribution >= 0.6 is 0 Å². The molecule has 0 aliphatic carbocycles. The summed E-state index contributed by atoms with van der Waals surface area (Å²) in [7, 11) is 0. The van der Waals surface area contributed by atoms with Crippen molar-refractivity contribution in [1.82, 2.24) is 24.9 Å². The van der Waals surface area contributed by atoms with Gasteiger partial charge in [0.15, 0.2) is 0 Å². The van der Waals surface area contributed by atoms with E-state index in [9.17, 15) is 0 Å². The molecule has 0 fully saturated rings. The average Bonchev–Trinajstić information content (AvgIpc) is 4.18. The van der Waals surface area contributed by atoms with Crippen molar-refractivity contribution >= 4 is 46.4 Å². The molecule has 5 nitrogen and oxygen atoms in total. The first kappa shape index (κ1) is 35.3. The smallest absolute Gasteiger partial charge is 0.0738 e. The number of nitrogens with zero attached hydrogens (tertiary/aromatic N) is 3. The van der Waals surface area contributed by atoms with Gasteiger partial charge in [0.1, 0.15) is 0 Å². The Hall–Kier alpha value is -7.89. The van der Waals surface area contributed by atoms with Gasteiger partial charge in [-0.25, -0.2) is 9.97 Å². The van der Waals surface area contributed by atoms with Crippen LogP contribution in [0.15, 0.2) is 176 Å². The molecule has 10 bridgehead atoms. The molecule has 0 spiro atoms. The minimum atomic E-state index is 0.806. The van der Waals surface area contributed by atoms with Crippen LogP contribution in [0.5, 0.6) is 0 Å². The van der Waals surface area contributed by atoms with E-state index in [1.165, 1.54) is 0 Å². The third kappa shape index (κ3) is 6.43. The van der Waals surface area contributed by atoms with Crippen molar-refractivity contribution in [2.45, 2.75) is 12.8 Å². The number of H-pyrrole nitrogens is 2. The van der Waals surface area contributed by atoms with Gasteiger partial charge in [-0.05, 0) is 89.2 Å². The molecular formula is C55H39N5. The molecule has 8 aromatic rings. The monoisotopic (exact) mass is 769 g/mol. The Morgan fingerprint density at radius 3 is 0.867 bits per heavy atom. The van der Waals surface area contributed by atoms with Gasteiger partial charge in [0.25, 0.3) is 0 Å². The second kappa shape index (κ2) is 15.1. The van der Waals surface area contributed by atoms with Crippen LogP contribution in [-0.4, -0.2) is 24.9 Å². The molecule has 3 aliphatic rings. The Morgan fingerprint density at radius 2 is 0.533 bits per heavy atom. The first-order valence-electron chi connectivity index (χ1n) is 20.5. The van der Waals surface area contributed by atoms with Gasteiger partial charge in [-0.3, -0.25) is 4.98 Å². The molecular weight excluding hydrogens is 731 g/mol. The molecule has 284 valence electrons. The van der Waals surface area contributed by atoms with E-state index in [0.29, 0.717) is 0 Å². The lowest BCUT2D eigenvalue weighted by molar-refractivity contribution is 1.03. The Kier molecular flexibility index (Phi) is 8.90. The number of fused-ring (bicyclic) bond motifs is 10. The van der Waals surface area contributed by atoms with Crippen molar-refractivity contribution < 1.29 is 0 Å². The number of rotatable bonds is 5. The number of aromatic amines is 2. The molecule has 11 rings (SSSR count). The average molecular weight is 770 g/mol. The maximum Gasteiger partial charge on any atom is 0.0738 e. The van der Waals surface area contributed by atoms with Crippen LogP contribution in [-0.2, 0) is 12.8 Å². The zero-order valence-electron chi connectivity index (χ0n) is 32.8. The molecule has 5 aromatic carbocycles. The van der Waals surface area contributed by atoms with Crippen molar-refractivity contribution in [3.8, 4) is 55.6 Å². The van der Waals surface area contributed by atoms with E-state index in [2.05, 4.69) is 210 Å². The van der Waals surface area contributed by atoms with Crippen LogP contribution in [0.25, 0.3) is 102 Å². The minimum Gasteiger partial charge on any atom is -0.354 e. The van der Waals surface area contributed by atoms with Crippen LogP contribution in [0.4, 0.5) is 0 Å². The Morgan fingerprint density at radius 1 is 0.267 bits per heavy atom. The summed E-state index contributed by atoms with van der Waals surface area (Å²) in [6.07, 6.45) is 10.2. The fraction of sp³-hybridized carbons (Fsp3) is 0.0364. The minimum absolute atomic E-state index is 0.806. The lowest BCUT2D eigenvalue weighted by Gasteiger charge is -2.07. The number of nitrogens with one attached hydrogen (secondary N) is 2. The molecule has 2 N–H and O–H groups in total. The van der Waals surface area contributed by atoms with E-state index in [0.717, 1.165) is 125 Å². The first-order chi connectivity index (χ1) is 29.7. The summed E-state index contributed by atoms with van der Waals surface area (Å²) in [6.45, 7) is 0. The van der Waals surface area contributed by atoms with Gasteiger partial charge in [-0.2, -0.15) is 0 Å². The number of aromatic nitrogens is 5. The highest BCUT2D eigenvalue weighted by Crippen LogP contribution is 2.39. The van der Waals surface area contributed by atoms with Crippen molar-refractivity contribution in [3.63, 3.8) is 0 Å². The highest BCUT2D eigenvalue weighted by molar-refractivity contribution is 5.98. The molecule has 0 unspecified atom stereocenters. The molecule has 0 radical (unpaired) electrons. The van der Waals surface area contributed by atoms with Gasteiger partial charge < -0.3 is 9.97 Å². The lowest BCUT2D eigenvalue weighted by atomic mass is 10.0. The molecule has 6 heterocycles. The third-order valence-electron chi connectivity index (χ3n) is 11.5. The number of hydrogen-bond donors (Lipinski definition) is 2. The maximum absolute atomic E-state index is 5.55. The zero-order valence-corrected chi connectivity index (χ0v) is 32.8.